The second-order valence-electron chi connectivity index (χ2n) is 5.41. The van der Waals surface area contributed by atoms with Crippen molar-refractivity contribution in [3.8, 4) is 0 Å². The van der Waals surface area contributed by atoms with Crippen LogP contribution in [0.15, 0.2) is 30.3 Å². The number of nitrogens with one attached hydrogen (secondary N) is 1. The van der Waals surface area contributed by atoms with Crippen LogP contribution in [0.5, 0.6) is 0 Å². The molecular formula is C15H18F3N3O2. The molecule has 0 bridgehead atoms. The summed E-state index contributed by atoms with van der Waals surface area (Å²) in [5, 5.41) is 2.24. The lowest BCUT2D eigenvalue weighted by Gasteiger charge is -2.25. The molecule has 8 heteroatoms. The van der Waals surface area contributed by atoms with Crippen molar-refractivity contribution in [1.29, 1.82) is 0 Å². The van der Waals surface area contributed by atoms with Crippen LogP contribution in [0.1, 0.15) is 24.4 Å². The molecule has 1 fully saturated rings. The van der Waals surface area contributed by atoms with Gasteiger partial charge in [-0.15, -0.1) is 0 Å². The standard InChI is InChI=1S/C15H18F3N3O2/c16-15(17,18)13(10-5-2-1-3-6-10)20-9-12(22)21-8-4-7-11(21)14(19)23/h1-3,5-6,11,13,20H,4,7-9H2,(H2,19,23). The van der Waals surface area contributed by atoms with Crippen molar-refractivity contribution < 1.29 is 22.8 Å². The first-order chi connectivity index (χ1) is 10.8. The molecule has 1 aromatic carbocycles. The normalized spacial score (nSPS) is 19.6. The van der Waals surface area contributed by atoms with Crippen LogP contribution in [-0.2, 0) is 9.59 Å². The van der Waals surface area contributed by atoms with Crippen LogP contribution in [0.25, 0.3) is 0 Å². The summed E-state index contributed by atoms with van der Waals surface area (Å²) in [7, 11) is 0. The minimum atomic E-state index is -4.53. The zero-order valence-corrected chi connectivity index (χ0v) is 12.3. The third-order valence-corrected chi connectivity index (χ3v) is 3.82. The average Bonchev–Trinajstić information content (AvgIpc) is 2.96. The van der Waals surface area contributed by atoms with Crippen molar-refractivity contribution in [2.45, 2.75) is 31.1 Å². The van der Waals surface area contributed by atoms with Crippen LogP contribution < -0.4 is 11.1 Å². The molecule has 2 atom stereocenters. The molecule has 2 rings (SSSR count). The summed E-state index contributed by atoms with van der Waals surface area (Å²) >= 11 is 0. The van der Waals surface area contributed by atoms with Crippen molar-refractivity contribution in [1.82, 2.24) is 10.2 Å². The van der Waals surface area contributed by atoms with Crippen LogP contribution in [0.3, 0.4) is 0 Å². The van der Waals surface area contributed by atoms with Gasteiger partial charge in [-0.3, -0.25) is 14.9 Å². The van der Waals surface area contributed by atoms with Gasteiger partial charge >= 0.3 is 6.18 Å². The van der Waals surface area contributed by atoms with E-state index >= 15 is 0 Å². The fourth-order valence-corrected chi connectivity index (χ4v) is 2.72. The summed E-state index contributed by atoms with van der Waals surface area (Å²) < 4.78 is 39.5. The third-order valence-electron chi connectivity index (χ3n) is 3.82. The highest BCUT2D eigenvalue weighted by molar-refractivity contribution is 5.88. The molecule has 1 aliphatic rings. The largest absolute Gasteiger partial charge is 0.407 e. The number of nitrogens with two attached hydrogens (primary N) is 1. The number of nitrogens with zero attached hydrogens (tertiary/aromatic N) is 1. The fourth-order valence-electron chi connectivity index (χ4n) is 2.72. The van der Waals surface area contributed by atoms with Gasteiger partial charge in [0.2, 0.25) is 11.8 Å². The Balaban J connectivity index is 2.04. The van der Waals surface area contributed by atoms with Crippen molar-refractivity contribution in [2.75, 3.05) is 13.1 Å². The third kappa shape index (κ3) is 4.22. The number of hydrogen-bond acceptors (Lipinski definition) is 3. The van der Waals surface area contributed by atoms with Crippen molar-refractivity contribution in [3.63, 3.8) is 0 Å². The zero-order valence-electron chi connectivity index (χ0n) is 12.3. The first-order valence-electron chi connectivity index (χ1n) is 7.24. The van der Waals surface area contributed by atoms with Crippen molar-refractivity contribution >= 4 is 11.8 Å². The Hall–Kier alpha value is -2.09. The number of amides is 2. The Kier molecular flexibility index (Phi) is 5.25. The Morgan fingerprint density at radius 2 is 1.96 bits per heavy atom. The van der Waals surface area contributed by atoms with E-state index < -0.39 is 36.6 Å². The summed E-state index contributed by atoms with van der Waals surface area (Å²) in [4.78, 5) is 24.6. The van der Waals surface area contributed by atoms with E-state index in [0.717, 1.165) is 0 Å². The number of rotatable bonds is 5. The van der Waals surface area contributed by atoms with Crippen LogP contribution >= 0.6 is 0 Å². The molecule has 2 amide bonds. The second-order valence-corrected chi connectivity index (χ2v) is 5.41. The Morgan fingerprint density at radius 3 is 2.52 bits per heavy atom. The van der Waals surface area contributed by atoms with E-state index in [2.05, 4.69) is 5.32 Å². The number of benzene rings is 1. The number of likely N-dealkylation sites (tertiary alicyclic amines) is 1. The van der Waals surface area contributed by atoms with Crippen LogP contribution in [0, 0.1) is 0 Å². The lowest BCUT2D eigenvalue weighted by Crippen LogP contribution is -2.48. The number of halogens is 3. The number of hydrogen-bond donors (Lipinski definition) is 2. The van der Waals surface area contributed by atoms with E-state index in [1.165, 1.54) is 29.2 Å². The molecule has 0 aromatic heterocycles. The minimum Gasteiger partial charge on any atom is -0.368 e. The van der Waals surface area contributed by atoms with Gasteiger partial charge in [0.15, 0.2) is 0 Å². The van der Waals surface area contributed by atoms with E-state index in [0.29, 0.717) is 19.4 Å². The Morgan fingerprint density at radius 1 is 1.30 bits per heavy atom. The predicted molar refractivity (Wildman–Crippen MR) is 77.2 cm³/mol. The van der Waals surface area contributed by atoms with Crippen LogP contribution in [0.2, 0.25) is 0 Å². The Labute approximate surface area is 131 Å². The first-order valence-corrected chi connectivity index (χ1v) is 7.24. The van der Waals surface area contributed by atoms with Gasteiger partial charge in [-0.25, -0.2) is 0 Å². The summed E-state index contributed by atoms with van der Waals surface area (Å²) in [5.41, 5.74) is 5.24. The molecule has 1 aromatic rings. The van der Waals surface area contributed by atoms with Gasteiger partial charge in [0.25, 0.3) is 0 Å². The maximum Gasteiger partial charge on any atom is 0.407 e. The second kappa shape index (κ2) is 6.99. The number of alkyl halides is 3. The molecule has 1 saturated heterocycles. The number of primary amides is 1. The van der Waals surface area contributed by atoms with Gasteiger partial charge in [0.1, 0.15) is 12.1 Å². The molecule has 1 aliphatic heterocycles. The van der Waals surface area contributed by atoms with E-state index in [-0.39, 0.29) is 5.56 Å². The maximum absolute atomic E-state index is 13.2. The fraction of sp³-hybridized carbons (Fsp3) is 0.467. The number of carbonyl (C=O) groups excluding carboxylic acids is 2. The Bertz CT molecular complexity index is 563. The number of carbonyl (C=O) groups is 2. The molecule has 2 unspecified atom stereocenters. The molecule has 0 spiro atoms. The van der Waals surface area contributed by atoms with E-state index in [1.807, 2.05) is 0 Å². The predicted octanol–water partition coefficient (Wildman–Crippen LogP) is 1.36. The molecule has 5 nitrogen and oxygen atoms in total. The van der Waals surface area contributed by atoms with E-state index in [1.54, 1.807) is 6.07 Å². The van der Waals surface area contributed by atoms with Crippen LogP contribution in [0.4, 0.5) is 13.2 Å². The molecule has 0 radical (unpaired) electrons. The summed E-state index contributed by atoms with van der Waals surface area (Å²) in [6.07, 6.45) is -3.47. The van der Waals surface area contributed by atoms with Gasteiger partial charge < -0.3 is 10.6 Å². The monoisotopic (exact) mass is 329 g/mol. The highest BCUT2D eigenvalue weighted by Crippen LogP contribution is 2.32. The highest BCUT2D eigenvalue weighted by atomic mass is 19.4. The van der Waals surface area contributed by atoms with E-state index in [4.69, 9.17) is 5.73 Å². The van der Waals surface area contributed by atoms with Gasteiger partial charge in [0.05, 0.1) is 6.54 Å². The smallest absolute Gasteiger partial charge is 0.368 e. The molecule has 0 aliphatic carbocycles. The van der Waals surface area contributed by atoms with Crippen LogP contribution in [-0.4, -0.2) is 42.0 Å². The topological polar surface area (TPSA) is 75.4 Å². The lowest BCUT2D eigenvalue weighted by atomic mass is 10.1. The van der Waals surface area contributed by atoms with Crippen molar-refractivity contribution in [2.24, 2.45) is 5.73 Å². The van der Waals surface area contributed by atoms with Gasteiger partial charge in [-0.1, -0.05) is 30.3 Å². The lowest BCUT2D eigenvalue weighted by molar-refractivity contribution is -0.159. The minimum absolute atomic E-state index is 0.0284. The quantitative estimate of drug-likeness (QED) is 0.856. The molecule has 0 saturated carbocycles. The molecule has 126 valence electrons. The van der Waals surface area contributed by atoms with E-state index in [9.17, 15) is 22.8 Å². The van der Waals surface area contributed by atoms with Gasteiger partial charge in [-0.2, -0.15) is 13.2 Å². The average molecular weight is 329 g/mol. The van der Waals surface area contributed by atoms with Gasteiger partial charge in [-0.05, 0) is 18.4 Å². The summed E-state index contributed by atoms with van der Waals surface area (Å²) in [6, 6.07) is 4.63. The van der Waals surface area contributed by atoms with Crippen molar-refractivity contribution in [3.05, 3.63) is 35.9 Å². The highest BCUT2D eigenvalue weighted by Gasteiger charge is 2.41. The SMILES string of the molecule is NC(=O)C1CCCN1C(=O)CNC(c1ccccc1)C(F)(F)F. The molecule has 23 heavy (non-hydrogen) atoms. The summed E-state index contributed by atoms with van der Waals surface area (Å²) in [5.74, 6) is -1.19. The molecule has 1 heterocycles. The maximum atomic E-state index is 13.2. The molecular weight excluding hydrogens is 311 g/mol. The van der Waals surface area contributed by atoms with Gasteiger partial charge in [0, 0.05) is 6.54 Å². The zero-order chi connectivity index (χ0) is 17.0. The first kappa shape index (κ1) is 17.3. The molecule has 3 N–H and O–H groups in total. The summed E-state index contributed by atoms with van der Waals surface area (Å²) in [6.45, 7) is -0.182.